The molecular formula is C14H14O3. The molecule has 1 unspecified atom stereocenters. The quantitative estimate of drug-likeness (QED) is 0.599. The van der Waals surface area contributed by atoms with E-state index < -0.39 is 6.10 Å². The highest BCUT2D eigenvalue weighted by Crippen LogP contribution is 2.46. The van der Waals surface area contributed by atoms with Gasteiger partial charge in [-0.15, -0.1) is 0 Å². The van der Waals surface area contributed by atoms with Gasteiger partial charge in [0, 0.05) is 5.56 Å². The van der Waals surface area contributed by atoms with Gasteiger partial charge < -0.3 is 15.3 Å². The van der Waals surface area contributed by atoms with Crippen LogP contribution in [0.1, 0.15) is 30.1 Å². The molecule has 17 heavy (non-hydrogen) atoms. The summed E-state index contributed by atoms with van der Waals surface area (Å²) in [4.78, 5) is 0. The first-order valence-corrected chi connectivity index (χ1v) is 5.79. The molecule has 0 heterocycles. The minimum atomic E-state index is -0.822. The van der Waals surface area contributed by atoms with Crippen LogP contribution in [-0.4, -0.2) is 15.3 Å². The number of allylic oxidation sites excluding steroid dienone is 2. The molecule has 2 aliphatic carbocycles. The molecule has 1 aromatic carbocycles. The maximum Gasteiger partial charge on any atom is 0.163 e. The van der Waals surface area contributed by atoms with Crippen molar-refractivity contribution in [1.82, 2.24) is 0 Å². The lowest BCUT2D eigenvalue weighted by Crippen LogP contribution is -2.16. The SMILES string of the molecule is Oc1ccc2c(c1O)C(O)C1=CCCC=C1C2. The van der Waals surface area contributed by atoms with Crippen LogP contribution in [-0.2, 0) is 6.42 Å². The van der Waals surface area contributed by atoms with Crippen molar-refractivity contribution in [3.8, 4) is 11.5 Å². The molecule has 0 bridgehead atoms. The Kier molecular flexibility index (Phi) is 2.23. The third kappa shape index (κ3) is 1.46. The largest absolute Gasteiger partial charge is 0.504 e. The first-order chi connectivity index (χ1) is 8.18. The van der Waals surface area contributed by atoms with E-state index in [1.165, 1.54) is 6.07 Å². The molecule has 0 radical (unpaired) electrons. The Balaban J connectivity index is 2.20. The zero-order valence-corrected chi connectivity index (χ0v) is 9.35. The molecule has 0 saturated heterocycles. The molecule has 2 aliphatic rings. The number of aromatic hydroxyl groups is 2. The van der Waals surface area contributed by atoms with Crippen molar-refractivity contribution in [2.45, 2.75) is 25.4 Å². The fraction of sp³-hybridized carbons (Fsp3) is 0.286. The summed E-state index contributed by atoms with van der Waals surface area (Å²) in [7, 11) is 0. The number of hydrogen-bond donors (Lipinski definition) is 3. The molecule has 0 aliphatic heterocycles. The summed E-state index contributed by atoms with van der Waals surface area (Å²) in [5.74, 6) is -0.368. The minimum Gasteiger partial charge on any atom is -0.504 e. The monoisotopic (exact) mass is 230 g/mol. The van der Waals surface area contributed by atoms with Gasteiger partial charge in [0.15, 0.2) is 11.5 Å². The molecule has 1 aromatic rings. The lowest BCUT2D eigenvalue weighted by atomic mass is 9.79. The van der Waals surface area contributed by atoms with Crippen LogP contribution in [0.4, 0.5) is 0 Å². The van der Waals surface area contributed by atoms with Crippen LogP contribution in [0.15, 0.2) is 35.4 Å². The maximum atomic E-state index is 10.3. The predicted octanol–water partition coefficient (Wildman–Crippen LogP) is 2.33. The number of benzene rings is 1. The van der Waals surface area contributed by atoms with Crippen molar-refractivity contribution in [1.29, 1.82) is 0 Å². The summed E-state index contributed by atoms with van der Waals surface area (Å²) in [6.45, 7) is 0. The van der Waals surface area contributed by atoms with Gasteiger partial charge in [0.2, 0.25) is 0 Å². The fourth-order valence-corrected chi connectivity index (χ4v) is 2.67. The lowest BCUT2D eigenvalue weighted by Gasteiger charge is -2.29. The molecule has 0 amide bonds. The zero-order valence-electron chi connectivity index (χ0n) is 9.35. The molecule has 0 saturated carbocycles. The Bertz CT molecular complexity index is 541. The van der Waals surface area contributed by atoms with E-state index in [9.17, 15) is 15.3 Å². The van der Waals surface area contributed by atoms with Crippen molar-refractivity contribution in [2.24, 2.45) is 0 Å². The van der Waals surface area contributed by atoms with Crippen molar-refractivity contribution < 1.29 is 15.3 Å². The number of phenolic OH excluding ortho intramolecular Hbond substituents is 2. The fourth-order valence-electron chi connectivity index (χ4n) is 2.67. The van der Waals surface area contributed by atoms with Gasteiger partial charge in [0.1, 0.15) is 6.10 Å². The zero-order chi connectivity index (χ0) is 12.0. The van der Waals surface area contributed by atoms with E-state index in [4.69, 9.17) is 0 Å². The summed E-state index contributed by atoms with van der Waals surface area (Å²) in [6.07, 6.45) is 5.98. The van der Waals surface area contributed by atoms with Gasteiger partial charge in [-0.25, -0.2) is 0 Å². The first kappa shape index (κ1) is 10.4. The van der Waals surface area contributed by atoms with Crippen LogP contribution >= 0.6 is 0 Å². The van der Waals surface area contributed by atoms with Gasteiger partial charge in [0.05, 0.1) is 0 Å². The Labute approximate surface area is 99.3 Å². The molecular weight excluding hydrogens is 216 g/mol. The highest BCUT2D eigenvalue weighted by Gasteiger charge is 2.30. The van der Waals surface area contributed by atoms with Crippen molar-refractivity contribution >= 4 is 0 Å². The normalized spacial score (nSPS) is 22.3. The second-order valence-corrected chi connectivity index (χ2v) is 4.55. The molecule has 0 fully saturated rings. The standard InChI is InChI=1S/C14H14O3/c15-11-6-5-9-7-8-3-1-2-4-10(8)13(16)12(9)14(11)17/h3-6,13,15-17H,1-2,7H2. The van der Waals surface area contributed by atoms with Gasteiger partial charge in [-0.05, 0) is 42.0 Å². The van der Waals surface area contributed by atoms with Crippen LogP contribution in [0.3, 0.4) is 0 Å². The van der Waals surface area contributed by atoms with Crippen molar-refractivity contribution in [2.75, 3.05) is 0 Å². The van der Waals surface area contributed by atoms with Gasteiger partial charge in [-0.1, -0.05) is 18.2 Å². The summed E-state index contributed by atoms with van der Waals surface area (Å²) in [5.41, 5.74) is 3.36. The number of phenols is 2. The molecule has 0 spiro atoms. The maximum absolute atomic E-state index is 10.3. The molecule has 3 nitrogen and oxygen atoms in total. The molecule has 3 heteroatoms. The van der Waals surface area contributed by atoms with E-state index in [0.717, 1.165) is 29.6 Å². The van der Waals surface area contributed by atoms with Gasteiger partial charge >= 0.3 is 0 Å². The number of hydrogen-bond acceptors (Lipinski definition) is 3. The lowest BCUT2D eigenvalue weighted by molar-refractivity contribution is 0.206. The summed E-state index contributed by atoms with van der Waals surface area (Å²) >= 11 is 0. The topological polar surface area (TPSA) is 60.7 Å². The van der Waals surface area contributed by atoms with E-state index in [1.54, 1.807) is 6.07 Å². The average molecular weight is 230 g/mol. The highest BCUT2D eigenvalue weighted by atomic mass is 16.3. The average Bonchev–Trinajstić information content (AvgIpc) is 2.34. The van der Waals surface area contributed by atoms with Crippen LogP contribution < -0.4 is 0 Å². The second-order valence-electron chi connectivity index (χ2n) is 4.55. The van der Waals surface area contributed by atoms with E-state index >= 15 is 0 Å². The van der Waals surface area contributed by atoms with Crippen LogP contribution in [0.2, 0.25) is 0 Å². The van der Waals surface area contributed by atoms with E-state index in [1.807, 2.05) is 6.08 Å². The Morgan fingerprint density at radius 1 is 1.06 bits per heavy atom. The Hall–Kier alpha value is -1.74. The van der Waals surface area contributed by atoms with Crippen LogP contribution in [0, 0.1) is 0 Å². The highest BCUT2D eigenvalue weighted by molar-refractivity contribution is 5.59. The van der Waals surface area contributed by atoms with Crippen molar-refractivity contribution in [3.05, 3.63) is 46.6 Å². The third-order valence-corrected chi connectivity index (χ3v) is 3.53. The van der Waals surface area contributed by atoms with Gasteiger partial charge in [0.25, 0.3) is 0 Å². The summed E-state index contributed by atoms with van der Waals surface area (Å²) in [5, 5.41) is 29.6. The van der Waals surface area contributed by atoms with Crippen LogP contribution in [0.25, 0.3) is 0 Å². The first-order valence-electron chi connectivity index (χ1n) is 5.79. The third-order valence-electron chi connectivity index (χ3n) is 3.53. The molecule has 3 N–H and O–H groups in total. The second kappa shape index (κ2) is 3.64. The summed E-state index contributed by atoms with van der Waals surface area (Å²) < 4.78 is 0. The van der Waals surface area contributed by atoms with E-state index in [0.29, 0.717) is 12.0 Å². The van der Waals surface area contributed by atoms with E-state index in [-0.39, 0.29) is 11.5 Å². The van der Waals surface area contributed by atoms with E-state index in [2.05, 4.69) is 6.08 Å². The minimum absolute atomic E-state index is 0.174. The molecule has 0 aromatic heterocycles. The Morgan fingerprint density at radius 2 is 1.82 bits per heavy atom. The van der Waals surface area contributed by atoms with Crippen molar-refractivity contribution in [3.63, 3.8) is 0 Å². The molecule has 3 rings (SSSR count). The van der Waals surface area contributed by atoms with Gasteiger partial charge in [-0.2, -0.15) is 0 Å². The van der Waals surface area contributed by atoms with Crippen LogP contribution in [0.5, 0.6) is 11.5 Å². The Morgan fingerprint density at radius 3 is 2.65 bits per heavy atom. The molecule has 1 atom stereocenters. The summed E-state index contributed by atoms with van der Waals surface area (Å²) in [6, 6.07) is 3.23. The number of aliphatic hydroxyl groups is 1. The number of aliphatic hydroxyl groups excluding tert-OH is 1. The molecule has 88 valence electrons. The number of fused-ring (bicyclic) bond motifs is 2. The smallest absolute Gasteiger partial charge is 0.163 e. The van der Waals surface area contributed by atoms with Gasteiger partial charge in [-0.3, -0.25) is 0 Å². The predicted molar refractivity (Wildman–Crippen MR) is 63.8 cm³/mol. The number of rotatable bonds is 0.